The van der Waals surface area contributed by atoms with Gasteiger partial charge in [0.25, 0.3) is 0 Å². The van der Waals surface area contributed by atoms with Gasteiger partial charge in [0, 0.05) is 35.6 Å². The lowest BCUT2D eigenvalue weighted by molar-refractivity contribution is -0.884. The third-order valence-corrected chi connectivity index (χ3v) is 7.24. The van der Waals surface area contributed by atoms with Gasteiger partial charge in [0.1, 0.15) is 23.8 Å². The van der Waals surface area contributed by atoms with Crippen molar-refractivity contribution in [2.75, 3.05) is 19.6 Å². The summed E-state index contributed by atoms with van der Waals surface area (Å²) in [6.45, 7) is 5.62. The quantitative estimate of drug-likeness (QED) is 0.189. The fourth-order valence-electron chi connectivity index (χ4n) is 5.07. The van der Waals surface area contributed by atoms with E-state index in [9.17, 15) is 23.5 Å². The number of amides is 2. The molecule has 0 radical (unpaired) electrons. The second-order valence-corrected chi connectivity index (χ2v) is 10.8. The van der Waals surface area contributed by atoms with E-state index in [0.717, 1.165) is 15.2 Å². The second kappa shape index (κ2) is 15.5. The minimum absolute atomic E-state index is 0.0179. The van der Waals surface area contributed by atoms with Crippen molar-refractivity contribution in [3.05, 3.63) is 68.8 Å². The van der Waals surface area contributed by atoms with Crippen LogP contribution in [0.15, 0.2) is 42.5 Å². The van der Waals surface area contributed by atoms with E-state index in [1.54, 1.807) is 0 Å². The molecule has 2 amide bonds. The Balaban J connectivity index is 2.39. The summed E-state index contributed by atoms with van der Waals surface area (Å²) in [5.74, 6) is -1.96. The number of aliphatic hydroxyl groups is 1. The van der Waals surface area contributed by atoms with E-state index in [1.165, 1.54) is 12.1 Å². The van der Waals surface area contributed by atoms with Gasteiger partial charge in [-0.25, -0.2) is 13.6 Å². The number of nitrogens with one attached hydrogen (secondary N) is 1. The van der Waals surface area contributed by atoms with Gasteiger partial charge in [0.2, 0.25) is 5.91 Å². The van der Waals surface area contributed by atoms with Gasteiger partial charge in [-0.1, -0.05) is 26.0 Å². The molecule has 0 saturated heterocycles. The van der Waals surface area contributed by atoms with Crippen LogP contribution < -0.4 is 11.1 Å². The lowest BCUT2D eigenvalue weighted by Crippen LogP contribution is -2.65. The monoisotopic (exact) mass is 630 g/mol. The highest BCUT2D eigenvalue weighted by Crippen LogP contribution is 2.27. The molecule has 0 fully saturated rings. The third kappa shape index (κ3) is 9.70. The Morgan fingerprint density at radius 1 is 1.03 bits per heavy atom. The summed E-state index contributed by atoms with van der Waals surface area (Å²) in [7, 11) is 0. The number of halogens is 3. The standard InChI is InChI=1S/C28H38F2IN3O3/c1-3-11-34(12-4-2,28(37)10-6-9-27(32)36)25(16-21-13-22(29)17-23(30)14-21)26(35)19-33-18-20-7-5-8-24(31)15-20/h5,7-8,13-15,17,25-26,33,35H,3-4,6,9-12,16,18-19H2,1-2H3,(H-,32,36)/p+1/t25-,26+/m0/s1. The van der Waals surface area contributed by atoms with Crippen molar-refractivity contribution in [1.82, 2.24) is 5.32 Å². The Morgan fingerprint density at radius 2 is 1.68 bits per heavy atom. The van der Waals surface area contributed by atoms with E-state index >= 15 is 0 Å². The molecule has 0 unspecified atom stereocenters. The molecular formula is C28H39F2IN3O3+. The van der Waals surface area contributed by atoms with E-state index in [1.807, 2.05) is 38.1 Å². The van der Waals surface area contributed by atoms with Crippen molar-refractivity contribution in [3.63, 3.8) is 0 Å². The molecule has 6 nitrogen and oxygen atoms in total. The minimum atomic E-state index is -0.965. The first kappa shape index (κ1) is 31.3. The van der Waals surface area contributed by atoms with Crippen LogP contribution in [0.5, 0.6) is 0 Å². The molecule has 4 N–H and O–H groups in total. The van der Waals surface area contributed by atoms with Crippen LogP contribution in [0.25, 0.3) is 0 Å². The number of hydrogen-bond donors (Lipinski definition) is 3. The maximum absolute atomic E-state index is 14.1. The van der Waals surface area contributed by atoms with Crippen molar-refractivity contribution in [2.45, 2.75) is 71.1 Å². The van der Waals surface area contributed by atoms with Crippen LogP contribution in [-0.2, 0) is 22.6 Å². The molecule has 0 spiro atoms. The Kier molecular flexibility index (Phi) is 13.1. The van der Waals surface area contributed by atoms with Crippen LogP contribution >= 0.6 is 22.6 Å². The van der Waals surface area contributed by atoms with Crippen LogP contribution in [-0.4, -0.2) is 53.2 Å². The summed E-state index contributed by atoms with van der Waals surface area (Å²) in [5, 5.41) is 14.8. The summed E-state index contributed by atoms with van der Waals surface area (Å²) < 4.78 is 29.2. The number of aliphatic hydroxyl groups excluding tert-OH is 1. The number of primary amides is 1. The molecule has 9 heteroatoms. The van der Waals surface area contributed by atoms with Gasteiger partial charge in [0.05, 0.1) is 19.5 Å². The highest BCUT2D eigenvalue weighted by Gasteiger charge is 2.45. The zero-order valence-corrected chi connectivity index (χ0v) is 23.8. The van der Waals surface area contributed by atoms with Crippen molar-refractivity contribution >= 4 is 34.4 Å². The van der Waals surface area contributed by atoms with Gasteiger partial charge in [0.15, 0.2) is 0 Å². The highest BCUT2D eigenvalue weighted by molar-refractivity contribution is 14.1. The molecule has 0 aliphatic heterocycles. The molecule has 0 bridgehead atoms. The number of quaternary nitrogens is 1. The number of nitrogens with two attached hydrogens (primary N) is 1. The van der Waals surface area contributed by atoms with Gasteiger partial charge in [-0.2, -0.15) is 0 Å². The van der Waals surface area contributed by atoms with E-state index in [4.69, 9.17) is 5.73 Å². The van der Waals surface area contributed by atoms with E-state index in [0.29, 0.717) is 44.5 Å². The topological polar surface area (TPSA) is 92.4 Å². The molecule has 0 heterocycles. The van der Waals surface area contributed by atoms with Gasteiger partial charge >= 0.3 is 5.91 Å². The number of benzene rings is 2. The fraction of sp³-hybridized carbons (Fsp3) is 0.500. The first-order valence-electron chi connectivity index (χ1n) is 12.9. The van der Waals surface area contributed by atoms with Crippen LogP contribution in [0.1, 0.15) is 57.1 Å². The average molecular weight is 631 g/mol. The number of carbonyl (C=O) groups is 2. The van der Waals surface area contributed by atoms with E-state index in [2.05, 4.69) is 27.9 Å². The van der Waals surface area contributed by atoms with Crippen molar-refractivity contribution in [2.24, 2.45) is 5.73 Å². The maximum Gasteiger partial charge on any atom is 0.314 e. The highest BCUT2D eigenvalue weighted by atomic mass is 127. The van der Waals surface area contributed by atoms with Gasteiger partial charge in [-0.05, 0) is 77.2 Å². The Hall–Kier alpha value is -1.95. The van der Waals surface area contributed by atoms with Crippen LogP contribution in [0.2, 0.25) is 0 Å². The average Bonchev–Trinajstić information content (AvgIpc) is 2.81. The smallest absolute Gasteiger partial charge is 0.314 e. The molecule has 0 aromatic heterocycles. The minimum Gasteiger partial charge on any atom is -0.386 e. The van der Waals surface area contributed by atoms with Gasteiger partial charge < -0.3 is 16.2 Å². The number of hydrogen-bond acceptors (Lipinski definition) is 4. The van der Waals surface area contributed by atoms with Gasteiger partial charge in [-0.15, -0.1) is 0 Å². The molecule has 37 heavy (non-hydrogen) atoms. The summed E-state index contributed by atoms with van der Waals surface area (Å²) >= 11 is 2.24. The summed E-state index contributed by atoms with van der Waals surface area (Å²) in [6, 6.07) is 10.7. The largest absolute Gasteiger partial charge is 0.386 e. The summed E-state index contributed by atoms with van der Waals surface area (Å²) in [5.41, 5.74) is 6.73. The fourth-order valence-corrected chi connectivity index (χ4v) is 5.68. The molecule has 204 valence electrons. The van der Waals surface area contributed by atoms with Crippen LogP contribution in [0.3, 0.4) is 0 Å². The van der Waals surface area contributed by atoms with E-state index in [-0.39, 0.29) is 36.2 Å². The zero-order chi connectivity index (χ0) is 27.4. The molecule has 0 aliphatic carbocycles. The normalized spacial score (nSPS) is 13.4. The van der Waals surface area contributed by atoms with E-state index < -0.39 is 29.7 Å². The molecule has 2 aromatic rings. The summed E-state index contributed by atoms with van der Waals surface area (Å²) in [4.78, 5) is 25.0. The van der Waals surface area contributed by atoms with Crippen LogP contribution in [0, 0.1) is 15.2 Å². The first-order chi connectivity index (χ1) is 17.6. The predicted molar refractivity (Wildman–Crippen MR) is 149 cm³/mol. The molecule has 2 rings (SSSR count). The lowest BCUT2D eigenvalue weighted by atomic mass is 9.94. The third-order valence-electron chi connectivity index (χ3n) is 6.57. The Labute approximate surface area is 232 Å². The lowest BCUT2D eigenvalue weighted by Gasteiger charge is -2.44. The van der Waals surface area contributed by atoms with Crippen molar-refractivity contribution < 1.29 is 28.0 Å². The van der Waals surface area contributed by atoms with Crippen molar-refractivity contribution in [1.29, 1.82) is 0 Å². The second-order valence-electron chi connectivity index (χ2n) is 9.57. The molecule has 0 aliphatic rings. The number of carbonyl (C=O) groups excluding carboxylic acids is 2. The van der Waals surface area contributed by atoms with Crippen LogP contribution in [0.4, 0.5) is 8.78 Å². The van der Waals surface area contributed by atoms with Crippen molar-refractivity contribution in [3.8, 4) is 0 Å². The molecule has 2 aromatic carbocycles. The SMILES string of the molecule is CCC[N+](CCC)(C(=O)CCCC(N)=O)[C@@H](Cc1cc(F)cc(F)c1)[C@H](O)CNCc1cccc(I)c1. The molecular weight excluding hydrogens is 591 g/mol. The Bertz CT molecular complexity index is 1010. The predicted octanol–water partition coefficient (Wildman–Crippen LogP) is 4.45. The first-order valence-corrected chi connectivity index (χ1v) is 14.0. The maximum atomic E-state index is 14.1. The molecule has 0 saturated carbocycles. The molecule has 2 atom stereocenters. The number of nitrogens with zero attached hydrogens (tertiary/aromatic N) is 1. The Morgan fingerprint density at radius 3 is 2.24 bits per heavy atom. The van der Waals surface area contributed by atoms with Gasteiger partial charge in [-0.3, -0.25) is 9.28 Å². The zero-order valence-electron chi connectivity index (χ0n) is 21.7. The summed E-state index contributed by atoms with van der Waals surface area (Å²) in [6.07, 6.45) is 1.08. The number of rotatable bonds is 16.